The average Bonchev–Trinajstić information content (AvgIpc) is 3.21. The van der Waals surface area contributed by atoms with Crippen LogP contribution in [-0.2, 0) is 9.47 Å². The van der Waals surface area contributed by atoms with E-state index in [1.807, 2.05) is 23.9 Å². The molecule has 0 aromatic rings. The molecule has 3 heterocycles. The molecule has 6 atom stereocenters. The molecule has 0 amide bonds. The van der Waals surface area contributed by atoms with Gasteiger partial charge in [-0.05, 0) is 25.7 Å². The van der Waals surface area contributed by atoms with Gasteiger partial charge in [-0.1, -0.05) is 12.2 Å². The van der Waals surface area contributed by atoms with Gasteiger partial charge in [0, 0.05) is 22.0 Å². The zero-order chi connectivity index (χ0) is 17.5. The third-order valence-electron chi connectivity index (χ3n) is 4.25. The third-order valence-corrected chi connectivity index (χ3v) is 7.18. The molecule has 0 radical (unpaired) electrons. The summed E-state index contributed by atoms with van der Waals surface area (Å²) in [5.74, 6) is 1.54. The van der Waals surface area contributed by atoms with Crippen LogP contribution >= 0.6 is 23.5 Å². The molecule has 7 heteroatoms. The van der Waals surface area contributed by atoms with Gasteiger partial charge in [0.2, 0.25) is 0 Å². The van der Waals surface area contributed by atoms with Gasteiger partial charge in [0.05, 0.1) is 12.2 Å². The van der Waals surface area contributed by atoms with E-state index in [4.69, 9.17) is 9.47 Å². The molecular weight excluding hydrogens is 348 g/mol. The van der Waals surface area contributed by atoms with Gasteiger partial charge in [-0.3, -0.25) is 0 Å². The van der Waals surface area contributed by atoms with Crippen molar-refractivity contribution in [2.75, 3.05) is 11.5 Å². The molecule has 2 unspecified atom stereocenters. The minimum Gasteiger partial charge on any atom is -0.426 e. The SMILES string of the molecule is C=CCC[C@@H]1SCC(O)[C@@H]1O.C=CCC[C@@H]1SCC2OC(=O)O[C@@H]21. The average molecular weight is 375 g/mol. The maximum absolute atomic E-state index is 10.8. The molecule has 24 heavy (non-hydrogen) atoms. The van der Waals surface area contributed by atoms with Crippen molar-refractivity contribution in [3.05, 3.63) is 25.3 Å². The van der Waals surface area contributed by atoms with Crippen LogP contribution in [0.15, 0.2) is 25.3 Å². The van der Waals surface area contributed by atoms with Crippen LogP contribution in [0.25, 0.3) is 0 Å². The fourth-order valence-corrected chi connectivity index (χ4v) is 5.64. The second kappa shape index (κ2) is 9.75. The third kappa shape index (κ3) is 5.18. The molecule has 2 N–H and O–H groups in total. The van der Waals surface area contributed by atoms with Gasteiger partial charge in [0.1, 0.15) is 0 Å². The fraction of sp³-hybridized carbons (Fsp3) is 0.706. The second-order valence-corrected chi connectivity index (χ2v) is 8.57. The summed E-state index contributed by atoms with van der Waals surface area (Å²) in [4.78, 5) is 10.8. The van der Waals surface area contributed by atoms with E-state index in [1.165, 1.54) is 0 Å². The van der Waals surface area contributed by atoms with Crippen LogP contribution in [0.5, 0.6) is 0 Å². The predicted octanol–water partition coefficient (Wildman–Crippen LogP) is 2.76. The van der Waals surface area contributed by atoms with E-state index in [1.54, 1.807) is 11.8 Å². The van der Waals surface area contributed by atoms with Crippen LogP contribution in [0.3, 0.4) is 0 Å². The van der Waals surface area contributed by atoms with E-state index in [9.17, 15) is 15.0 Å². The van der Waals surface area contributed by atoms with Gasteiger partial charge in [-0.15, -0.1) is 13.2 Å². The number of aliphatic hydroxyl groups is 2. The molecule has 0 spiro atoms. The molecule has 0 aliphatic carbocycles. The standard InChI is InChI=1S/C9H12O3S.C8H14O2S/c1-2-3-4-7-8-6(5-13-7)11-9(10)12-8;1-2-3-4-7-8(10)6(9)5-11-7/h2,6-8H,1,3-5H2;2,6-10H,1,3-5H2/t2*6?,7-,8-/m00/s1. The van der Waals surface area contributed by atoms with Gasteiger partial charge in [0.15, 0.2) is 12.2 Å². The first-order chi connectivity index (χ1) is 11.6. The van der Waals surface area contributed by atoms with Gasteiger partial charge in [0.25, 0.3) is 0 Å². The molecule has 3 fully saturated rings. The number of hydrogen-bond donors (Lipinski definition) is 2. The minimum atomic E-state index is -0.528. The van der Waals surface area contributed by atoms with Crippen LogP contribution in [0, 0.1) is 0 Å². The van der Waals surface area contributed by atoms with Gasteiger partial charge in [-0.2, -0.15) is 23.5 Å². The molecule has 0 aromatic carbocycles. The first kappa shape index (κ1) is 19.7. The van der Waals surface area contributed by atoms with Gasteiger partial charge in [-0.25, -0.2) is 4.79 Å². The van der Waals surface area contributed by atoms with Crippen molar-refractivity contribution in [2.24, 2.45) is 0 Å². The highest BCUT2D eigenvalue weighted by Gasteiger charge is 2.46. The summed E-state index contributed by atoms with van der Waals surface area (Å²) in [6.07, 6.45) is 6.00. The van der Waals surface area contributed by atoms with E-state index in [0.29, 0.717) is 11.0 Å². The number of carbonyl (C=O) groups excluding carboxylic acids is 1. The van der Waals surface area contributed by atoms with Crippen molar-refractivity contribution >= 4 is 29.7 Å². The van der Waals surface area contributed by atoms with E-state index in [0.717, 1.165) is 31.4 Å². The maximum atomic E-state index is 10.8. The topological polar surface area (TPSA) is 76.0 Å². The van der Waals surface area contributed by atoms with Crippen molar-refractivity contribution in [3.63, 3.8) is 0 Å². The summed E-state index contributed by atoms with van der Waals surface area (Å²) in [5, 5.41) is 19.2. The second-order valence-electron chi connectivity index (χ2n) is 6.02. The van der Waals surface area contributed by atoms with Crippen LogP contribution < -0.4 is 0 Å². The molecule has 3 rings (SSSR count). The highest BCUT2D eigenvalue weighted by atomic mass is 32.2. The zero-order valence-electron chi connectivity index (χ0n) is 13.7. The Hall–Kier alpha value is -0.630. The molecule has 136 valence electrons. The Labute approximate surface area is 151 Å². The summed E-state index contributed by atoms with van der Waals surface area (Å²) in [6.45, 7) is 7.29. The number of aliphatic hydroxyl groups excluding tert-OH is 2. The number of rotatable bonds is 6. The summed E-state index contributed by atoms with van der Waals surface area (Å²) in [7, 11) is 0. The normalized spacial score (nSPS) is 37.0. The van der Waals surface area contributed by atoms with Crippen molar-refractivity contribution < 1.29 is 24.5 Å². The summed E-state index contributed by atoms with van der Waals surface area (Å²) in [6, 6.07) is 0. The summed E-state index contributed by atoms with van der Waals surface area (Å²) >= 11 is 3.48. The fourth-order valence-electron chi connectivity index (χ4n) is 2.90. The smallest absolute Gasteiger partial charge is 0.426 e. The Bertz CT molecular complexity index is 445. The van der Waals surface area contributed by atoms with Crippen molar-refractivity contribution in [1.82, 2.24) is 0 Å². The highest BCUT2D eigenvalue weighted by molar-refractivity contribution is 8.00. The lowest BCUT2D eigenvalue weighted by Crippen LogP contribution is -2.28. The van der Waals surface area contributed by atoms with E-state index in [-0.39, 0.29) is 17.5 Å². The van der Waals surface area contributed by atoms with Gasteiger partial charge >= 0.3 is 6.16 Å². The van der Waals surface area contributed by atoms with Crippen molar-refractivity contribution in [3.8, 4) is 0 Å². The Morgan fingerprint density at radius 1 is 1.04 bits per heavy atom. The Morgan fingerprint density at radius 3 is 2.25 bits per heavy atom. The Balaban J connectivity index is 0.000000177. The molecule has 0 bridgehead atoms. The lowest BCUT2D eigenvalue weighted by Gasteiger charge is -2.13. The molecular formula is C17H26O5S2. The zero-order valence-corrected chi connectivity index (χ0v) is 15.3. The molecule has 0 aromatic heterocycles. The minimum absolute atomic E-state index is 0.00712. The maximum Gasteiger partial charge on any atom is 0.509 e. The lowest BCUT2D eigenvalue weighted by molar-refractivity contribution is 0.0409. The Kier molecular flexibility index (Phi) is 8.00. The molecule has 5 nitrogen and oxygen atoms in total. The number of thioether (sulfide) groups is 2. The first-order valence-corrected chi connectivity index (χ1v) is 10.3. The van der Waals surface area contributed by atoms with Crippen LogP contribution in [0.1, 0.15) is 25.7 Å². The lowest BCUT2D eigenvalue weighted by atomic mass is 10.1. The number of carbonyl (C=O) groups is 1. The van der Waals surface area contributed by atoms with Gasteiger partial charge < -0.3 is 19.7 Å². The van der Waals surface area contributed by atoms with E-state index < -0.39 is 18.4 Å². The van der Waals surface area contributed by atoms with Crippen molar-refractivity contribution in [2.45, 2.75) is 60.6 Å². The number of allylic oxidation sites excluding steroid dienone is 2. The molecule has 0 saturated carbocycles. The van der Waals surface area contributed by atoms with Crippen LogP contribution in [0.4, 0.5) is 4.79 Å². The quantitative estimate of drug-likeness (QED) is 0.547. The highest BCUT2D eigenvalue weighted by Crippen LogP contribution is 2.38. The first-order valence-electron chi connectivity index (χ1n) is 8.25. The Morgan fingerprint density at radius 2 is 1.67 bits per heavy atom. The van der Waals surface area contributed by atoms with Crippen molar-refractivity contribution in [1.29, 1.82) is 0 Å². The molecule has 3 saturated heterocycles. The predicted molar refractivity (Wildman–Crippen MR) is 98.5 cm³/mol. The number of ether oxygens (including phenoxy) is 2. The molecule has 3 aliphatic heterocycles. The van der Waals surface area contributed by atoms with Crippen LogP contribution in [0.2, 0.25) is 0 Å². The molecule has 3 aliphatic rings. The number of hydrogen-bond acceptors (Lipinski definition) is 7. The monoisotopic (exact) mass is 374 g/mol. The summed E-state index contributed by atoms with van der Waals surface area (Å²) < 4.78 is 10.1. The van der Waals surface area contributed by atoms with Crippen LogP contribution in [-0.4, -0.2) is 62.8 Å². The number of fused-ring (bicyclic) bond motifs is 1. The van der Waals surface area contributed by atoms with E-state index in [2.05, 4.69) is 13.2 Å². The van der Waals surface area contributed by atoms with E-state index >= 15 is 0 Å². The summed E-state index contributed by atoms with van der Waals surface area (Å²) in [5.41, 5.74) is 0. The largest absolute Gasteiger partial charge is 0.509 e.